The summed E-state index contributed by atoms with van der Waals surface area (Å²) in [5.74, 6) is 0. The molecule has 0 unspecified atom stereocenters. The Balaban J connectivity index is 2.26. The molecule has 0 nitrogen and oxygen atoms in total. The maximum Gasteiger partial charge on any atom is 0.0392 e. The van der Waals surface area contributed by atoms with Crippen molar-refractivity contribution >= 4 is 49.4 Å². The van der Waals surface area contributed by atoms with Crippen LogP contribution in [-0.4, -0.2) is 20.5 Å². The summed E-state index contributed by atoms with van der Waals surface area (Å²) < 4.78 is 0. The van der Waals surface area contributed by atoms with Gasteiger partial charge in [0.15, 0.2) is 0 Å². The van der Waals surface area contributed by atoms with Crippen LogP contribution < -0.4 is 21.0 Å². The van der Waals surface area contributed by atoms with E-state index in [1.54, 1.807) is 21.0 Å². The lowest BCUT2D eigenvalue weighted by Gasteiger charge is -2.27. The number of aryl methyl sites for hydroxylation is 2. The molecule has 0 saturated carbocycles. The highest BCUT2D eigenvalue weighted by Gasteiger charge is 2.22. The quantitative estimate of drug-likeness (QED) is 0.448. The van der Waals surface area contributed by atoms with E-state index in [4.69, 9.17) is 0 Å². The largest absolute Gasteiger partial charge is 0.0648 e. The molecular weight excluding hydrogens is 387 g/mol. The van der Waals surface area contributed by atoms with E-state index in [2.05, 4.69) is 84.0 Å². The van der Waals surface area contributed by atoms with E-state index in [1.807, 2.05) is 0 Å². The van der Waals surface area contributed by atoms with Gasteiger partial charge in [-0.2, -0.15) is 0 Å². The Kier molecular flexibility index (Phi) is 6.44. The number of hydrogen-bond acceptors (Lipinski definition) is 0. The minimum atomic E-state index is -0.428. The molecule has 0 saturated heterocycles. The van der Waals surface area contributed by atoms with E-state index < -0.39 is 7.92 Å². The molecule has 146 valence electrons. The molecule has 0 radical (unpaired) electrons. The highest BCUT2D eigenvalue weighted by Crippen LogP contribution is 2.41. The van der Waals surface area contributed by atoms with Crippen LogP contribution in [0.15, 0.2) is 42.5 Å². The number of hydrogen-bond donors (Lipinski definition) is 0. The summed E-state index contributed by atoms with van der Waals surface area (Å²) in [7, 11) is 1.82. The van der Waals surface area contributed by atoms with E-state index in [0.29, 0.717) is 0 Å². The second-order valence-electron chi connectivity index (χ2n) is 8.25. The van der Waals surface area contributed by atoms with Crippen molar-refractivity contribution < 1.29 is 0 Å². The molecule has 0 atom stereocenters. The normalized spacial score (nSPS) is 12.5. The molecular formula is C25H33PSi2. The van der Waals surface area contributed by atoms with Crippen molar-refractivity contribution in [1.29, 1.82) is 0 Å². The Morgan fingerprint density at radius 1 is 0.643 bits per heavy atom. The average Bonchev–Trinajstić information content (AvgIpc) is 2.69. The summed E-state index contributed by atoms with van der Waals surface area (Å²) in [6.45, 7) is 14.0. The molecule has 0 N–H and O–H groups in total. The molecule has 0 heterocycles. The van der Waals surface area contributed by atoms with Crippen LogP contribution >= 0.6 is 7.92 Å². The van der Waals surface area contributed by atoms with Gasteiger partial charge in [-0.05, 0) is 87.9 Å². The van der Waals surface area contributed by atoms with Crippen LogP contribution in [-0.2, 0) is 6.16 Å². The van der Waals surface area contributed by atoms with Gasteiger partial charge in [-0.15, -0.1) is 0 Å². The topological polar surface area (TPSA) is 0 Å². The lowest BCUT2D eigenvalue weighted by atomic mass is 10.1. The molecule has 0 aliphatic rings. The van der Waals surface area contributed by atoms with Crippen LogP contribution in [0.2, 0.25) is 0 Å². The van der Waals surface area contributed by atoms with Gasteiger partial charge in [0.05, 0.1) is 0 Å². The van der Waals surface area contributed by atoms with Crippen LogP contribution in [0.3, 0.4) is 0 Å². The molecule has 0 aliphatic heterocycles. The van der Waals surface area contributed by atoms with Crippen molar-refractivity contribution in [3.63, 3.8) is 0 Å². The van der Waals surface area contributed by atoms with Crippen LogP contribution in [0.4, 0.5) is 0 Å². The van der Waals surface area contributed by atoms with Gasteiger partial charge in [0.25, 0.3) is 0 Å². The SMILES string of the molecule is Cc1cc(P(Cc2ccccc2)c2cc(C)c([SiH3])c(C)c2C)c(C)c(C)c1[SiH3]. The summed E-state index contributed by atoms with van der Waals surface area (Å²) >= 11 is 0. The third-order valence-corrected chi connectivity index (χ3v) is 12.5. The van der Waals surface area contributed by atoms with Crippen molar-refractivity contribution in [1.82, 2.24) is 0 Å². The van der Waals surface area contributed by atoms with Crippen molar-refractivity contribution in [3.05, 3.63) is 81.4 Å². The van der Waals surface area contributed by atoms with E-state index in [9.17, 15) is 0 Å². The molecule has 0 aliphatic carbocycles. The zero-order chi connectivity index (χ0) is 20.6. The fourth-order valence-corrected chi connectivity index (χ4v) is 8.07. The zero-order valence-electron chi connectivity index (χ0n) is 18.7. The predicted octanol–water partition coefficient (Wildman–Crippen LogP) is 2.15. The van der Waals surface area contributed by atoms with Gasteiger partial charge in [0.1, 0.15) is 0 Å². The number of rotatable bonds is 4. The van der Waals surface area contributed by atoms with E-state index in [1.165, 1.54) is 38.9 Å². The van der Waals surface area contributed by atoms with Crippen molar-refractivity contribution in [2.24, 2.45) is 0 Å². The minimum Gasteiger partial charge on any atom is -0.0648 e. The molecule has 0 fully saturated rings. The first-order valence-corrected chi connectivity index (χ1v) is 13.7. The molecule has 3 rings (SSSR count). The van der Waals surface area contributed by atoms with Gasteiger partial charge < -0.3 is 0 Å². The molecule has 0 aromatic heterocycles. The van der Waals surface area contributed by atoms with Crippen LogP contribution in [0.5, 0.6) is 0 Å². The Labute approximate surface area is 178 Å². The second kappa shape index (κ2) is 8.49. The third-order valence-electron chi connectivity index (χ3n) is 6.67. The highest BCUT2D eigenvalue weighted by atomic mass is 31.1. The van der Waals surface area contributed by atoms with E-state index in [-0.39, 0.29) is 0 Å². The van der Waals surface area contributed by atoms with Crippen LogP contribution in [0, 0.1) is 41.5 Å². The monoisotopic (exact) mass is 420 g/mol. The highest BCUT2D eigenvalue weighted by molar-refractivity contribution is 7.72. The summed E-state index contributed by atoms with van der Waals surface area (Å²) in [6.07, 6.45) is 1.12. The van der Waals surface area contributed by atoms with Gasteiger partial charge in [-0.1, -0.05) is 64.0 Å². The number of benzene rings is 3. The van der Waals surface area contributed by atoms with Gasteiger partial charge in [0.2, 0.25) is 0 Å². The third kappa shape index (κ3) is 3.96. The fourth-order valence-electron chi connectivity index (χ4n) is 4.01. The maximum atomic E-state index is 2.51. The van der Waals surface area contributed by atoms with Gasteiger partial charge in [-0.25, -0.2) is 0 Å². The maximum absolute atomic E-state index is 2.51. The van der Waals surface area contributed by atoms with Gasteiger partial charge in [-0.3, -0.25) is 0 Å². The second-order valence-corrected chi connectivity index (χ2v) is 12.4. The molecule has 0 amide bonds. The predicted molar refractivity (Wildman–Crippen MR) is 137 cm³/mol. The molecule has 0 bridgehead atoms. The summed E-state index contributed by atoms with van der Waals surface area (Å²) in [4.78, 5) is 0. The van der Waals surface area contributed by atoms with E-state index >= 15 is 0 Å². The van der Waals surface area contributed by atoms with Crippen molar-refractivity contribution in [2.75, 3.05) is 0 Å². The van der Waals surface area contributed by atoms with Crippen molar-refractivity contribution in [3.8, 4) is 0 Å². The zero-order valence-corrected chi connectivity index (χ0v) is 23.6. The summed E-state index contributed by atoms with van der Waals surface area (Å²) in [5.41, 5.74) is 10.5. The Morgan fingerprint density at radius 2 is 1.07 bits per heavy atom. The average molecular weight is 421 g/mol. The first kappa shape index (κ1) is 21.2. The first-order chi connectivity index (χ1) is 13.2. The van der Waals surface area contributed by atoms with E-state index in [0.717, 1.165) is 26.6 Å². The molecule has 28 heavy (non-hydrogen) atoms. The Hall–Kier alpha value is -1.48. The van der Waals surface area contributed by atoms with Crippen LogP contribution in [0.1, 0.15) is 38.9 Å². The molecule has 3 aromatic carbocycles. The first-order valence-electron chi connectivity index (χ1n) is 10.2. The Bertz CT molecular complexity index is 959. The van der Waals surface area contributed by atoms with Crippen LogP contribution in [0.25, 0.3) is 0 Å². The molecule has 3 aromatic rings. The summed E-state index contributed by atoms with van der Waals surface area (Å²) in [5, 5.41) is 6.32. The lowest BCUT2D eigenvalue weighted by Crippen LogP contribution is -2.27. The Morgan fingerprint density at radius 3 is 1.50 bits per heavy atom. The van der Waals surface area contributed by atoms with Gasteiger partial charge in [0, 0.05) is 26.6 Å². The summed E-state index contributed by atoms with van der Waals surface area (Å²) in [6, 6.07) is 16.1. The molecule has 3 heteroatoms. The minimum absolute atomic E-state index is 0.428. The van der Waals surface area contributed by atoms with Crippen molar-refractivity contribution in [2.45, 2.75) is 47.7 Å². The van der Waals surface area contributed by atoms with Gasteiger partial charge >= 0.3 is 0 Å². The molecule has 0 spiro atoms. The fraction of sp³-hybridized carbons (Fsp3) is 0.280. The lowest BCUT2D eigenvalue weighted by molar-refractivity contribution is 1.33. The smallest absolute Gasteiger partial charge is 0.0392 e. The standard InChI is InChI=1S/C25H33PSi2/c1-15-12-22(17(3)19(5)24(15)27)26(14-21-10-8-7-9-11-21)23-13-16(2)25(28)20(6)18(23)4/h7-13H,14H2,1-6,27-28H3.